The number of nitrogens with zero attached hydrogens (tertiary/aromatic N) is 1. The normalized spacial score (nSPS) is 15.1. The maximum Gasteiger partial charge on any atom is 0.349 e. The van der Waals surface area contributed by atoms with Crippen LogP contribution in [0.3, 0.4) is 0 Å². The molecule has 2 N–H and O–H groups in total. The number of fused-ring (bicyclic) bond motifs is 1. The minimum absolute atomic E-state index is 0.133. The zero-order chi connectivity index (χ0) is 18.5. The molecule has 3 rings (SSSR count). The second kappa shape index (κ2) is 8.07. The molecule has 2 aromatic rings. The molecular weight excluding hydrogens is 342 g/mol. The maximum atomic E-state index is 12.2. The molecule has 9 heteroatoms. The van der Waals surface area contributed by atoms with E-state index in [1.54, 1.807) is 0 Å². The van der Waals surface area contributed by atoms with E-state index < -0.39 is 16.5 Å². The van der Waals surface area contributed by atoms with Crippen LogP contribution >= 0.6 is 0 Å². The fourth-order valence-corrected chi connectivity index (χ4v) is 2.93. The van der Waals surface area contributed by atoms with Crippen molar-refractivity contribution in [3.63, 3.8) is 0 Å². The fourth-order valence-electron chi connectivity index (χ4n) is 2.93. The van der Waals surface area contributed by atoms with Gasteiger partial charge in [0, 0.05) is 30.5 Å². The minimum Gasteiger partial charge on any atom is -0.422 e. The lowest BCUT2D eigenvalue weighted by Crippen LogP contribution is -3.14. The van der Waals surface area contributed by atoms with Gasteiger partial charge in [0.1, 0.15) is 24.2 Å². The summed E-state index contributed by atoms with van der Waals surface area (Å²) in [6.45, 7) is 4.79. The number of amides is 1. The van der Waals surface area contributed by atoms with Crippen LogP contribution in [-0.4, -0.2) is 50.2 Å². The Bertz CT molecular complexity index is 872. The number of ether oxygens (including phenoxy) is 1. The monoisotopic (exact) mass is 362 g/mol. The first-order valence-electron chi connectivity index (χ1n) is 8.46. The molecule has 0 atom stereocenters. The number of morpholine rings is 1. The van der Waals surface area contributed by atoms with Gasteiger partial charge in [-0.1, -0.05) is 0 Å². The Morgan fingerprint density at radius 2 is 2.04 bits per heavy atom. The first-order valence-corrected chi connectivity index (χ1v) is 8.46. The van der Waals surface area contributed by atoms with E-state index in [1.807, 2.05) is 0 Å². The largest absolute Gasteiger partial charge is 0.422 e. The number of hydrogen-bond acceptors (Lipinski definition) is 6. The number of rotatable bonds is 6. The van der Waals surface area contributed by atoms with E-state index in [4.69, 9.17) is 9.15 Å². The molecule has 1 aromatic heterocycles. The Morgan fingerprint density at radius 1 is 1.27 bits per heavy atom. The van der Waals surface area contributed by atoms with Gasteiger partial charge in [-0.3, -0.25) is 14.9 Å². The van der Waals surface area contributed by atoms with Gasteiger partial charge < -0.3 is 19.4 Å². The third kappa shape index (κ3) is 4.24. The molecule has 1 aromatic carbocycles. The molecule has 0 aliphatic carbocycles. The van der Waals surface area contributed by atoms with Gasteiger partial charge in [-0.2, -0.15) is 0 Å². The fraction of sp³-hybridized carbons (Fsp3) is 0.412. The van der Waals surface area contributed by atoms with Gasteiger partial charge in [0.15, 0.2) is 0 Å². The Labute approximate surface area is 148 Å². The molecule has 1 saturated heterocycles. The standard InChI is InChI=1S/C17H19N3O6/c21-16(18-4-1-5-19-6-8-25-9-7-19)14-11-12-10-13(20(23)24)2-3-15(12)26-17(14)22/h2-3,10-11H,1,4-9H2,(H,18,21)/p+1. The molecule has 0 saturated carbocycles. The highest BCUT2D eigenvalue weighted by molar-refractivity contribution is 5.96. The number of non-ortho nitro benzene ring substituents is 1. The van der Waals surface area contributed by atoms with E-state index in [0.717, 1.165) is 39.3 Å². The van der Waals surface area contributed by atoms with Crippen molar-refractivity contribution in [2.24, 2.45) is 0 Å². The lowest BCUT2D eigenvalue weighted by molar-refractivity contribution is -0.908. The summed E-state index contributed by atoms with van der Waals surface area (Å²) in [6.07, 6.45) is 0.783. The van der Waals surface area contributed by atoms with Gasteiger partial charge in [-0.15, -0.1) is 0 Å². The van der Waals surface area contributed by atoms with Gasteiger partial charge in [0.2, 0.25) is 0 Å². The van der Waals surface area contributed by atoms with Crippen LogP contribution in [0, 0.1) is 10.1 Å². The van der Waals surface area contributed by atoms with Crippen molar-refractivity contribution in [1.82, 2.24) is 5.32 Å². The van der Waals surface area contributed by atoms with Gasteiger partial charge in [-0.05, 0) is 12.1 Å². The van der Waals surface area contributed by atoms with E-state index in [1.165, 1.54) is 29.2 Å². The average molecular weight is 362 g/mol. The number of nitro groups is 1. The quantitative estimate of drug-likeness (QED) is 0.316. The van der Waals surface area contributed by atoms with Crippen LogP contribution in [0.5, 0.6) is 0 Å². The molecule has 0 spiro atoms. The highest BCUT2D eigenvalue weighted by Crippen LogP contribution is 2.20. The van der Waals surface area contributed by atoms with Crippen LogP contribution in [0.4, 0.5) is 5.69 Å². The Balaban J connectivity index is 1.64. The first-order chi connectivity index (χ1) is 12.5. The molecule has 1 aliphatic rings. The number of carbonyl (C=O) groups excluding carboxylic acids is 1. The first kappa shape index (κ1) is 18.0. The second-order valence-electron chi connectivity index (χ2n) is 6.15. The van der Waals surface area contributed by atoms with Gasteiger partial charge >= 0.3 is 5.63 Å². The van der Waals surface area contributed by atoms with E-state index in [-0.39, 0.29) is 16.8 Å². The molecule has 0 bridgehead atoms. The third-order valence-corrected chi connectivity index (χ3v) is 4.36. The number of quaternary nitrogens is 1. The molecule has 0 unspecified atom stereocenters. The van der Waals surface area contributed by atoms with Crippen LogP contribution in [-0.2, 0) is 4.74 Å². The van der Waals surface area contributed by atoms with E-state index in [9.17, 15) is 19.7 Å². The molecule has 2 heterocycles. The second-order valence-corrected chi connectivity index (χ2v) is 6.15. The van der Waals surface area contributed by atoms with Crippen molar-refractivity contribution < 1.29 is 23.8 Å². The smallest absolute Gasteiger partial charge is 0.349 e. The molecule has 26 heavy (non-hydrogen) atoms. The Morgan fingerprint density at radius 3 is 2.77 bits per heavy atom. The van der Waals surface area contributed by atoms with E-state index >= 15 is 0 Å². The van der Waals surface area contributed by atoms with Crippen LogP contribution in [0.1, 0.15) is 16.8 Å². The summed E-state index contributed by atoms with van der Waals surface area (Å²) in [5, 5.41) is 13.9. The molecular formula is C17H20N3O6+. The molecule has 9 nitrogen and oxygen atoms in total. The SMILES string of the molecule is O=C(NCCC[NH+]1CCOCC1)c1cc2cc([N+](=O)[O-])ccc2oc1=O. The minimum atomic E-state index is -0.761. The number of benzene rings is 1. The van der Waals surface area contributed by atoms with Gasteiger partial charge in [-0.25, -0.2) is 4.79 Å². The summed E-state index contributed by atoms with van der Waals surface area (Å²) in [6, 6.07) is 5.20. The lowest BCUT2D eigenvalue weighted by Gasteiger charge is -2.23. The zero-order valence-electron chi connectivity index (χ0n) is 14.2. The molecule has 138 valence electrons. The Kier molecular flexibility index (Phi) is 5.59. The predicted octanol–water partition coefficient (Wildman–Crippen LogP) is -0.264. The summed E-state index contributed by atoms with van der Waals surface area (Å²) in [7, 11) is 0. The molecule has 1 fully saturated rings. The summed E-state index contributed by atoms with van der Waals surface area (Å²) >= 11 is 0. The van der Waals surface area contributed by atoms with Crippen LogP contribution in [0.25, 0.3) is 11.0 Å². The summed E-state index contributed by atoms with van der Waals surface area (Å²) in [5.41, 5.74) is -0.848. The Hall–Kier alpha value is -2.78. The molecule has 1 amide bonds. The highest BCUT2D eigenvalue weighted by atomic mass is 16.6. The number of nitrogens with one attached hydrogen (secondary N) is 2. The van der Waals surface area contributed by atoms with Crippen molar-refractivity contribution in [2.75, 3.05) is 39.4 Å². The van der Waals surface area contributed by atoms with Crippen molar-refractivity contribution >= 4 is 22.6 Å². The third-order valence-electron chi connectivity index (χ3n) is 4.36. The maximum absolute atomic E-state index is 12.2. The van der Waals surface area contributed by atoms with E-state index in [2.05, 4.69) is 5.32 Å². The zero-order valence-corrected chi connectivity index (χ0v) is 14.2. The van der Waals surface area contributed by atoms with Gasteiger partial charge in [0.05, 0.1) is 24.7 Å². The molecule has 0 radical (unpaired) electrons. The van der Waals surface area contributed by atoms with Crippen LogP contribution < -0.4 is 15.8 Å². The summed E-state index contributed by atoms with van der Waals surface area (Å²) in [4.78, 5) is 36.0. The number of carbonyl (C=O) groups is 1. The van der Waals surface area contributed by atoms with Crippen LogP contribution in [0.15, 0.2) is 33.5 Å². The van der Waals surface area contributed by atoms with Crippen LogP contribution in [0.2, 0.25) is 0 Å². The topological polar surface area (TPSA) is 116 Å². The molecule has 1 aliphatic heterocycles. The van der Waals surface area contributed by atoms with Gasteiger partial charge in [0.25, 0.3) is 11.6 Å². The number of nitro benzene ring substituents is 1. The van der Waals surface area contributed by atoms with Crippen molar-refractivity contribution in [1.29, 1.82) is 0 Å². The average Bonchev–Trinajstić information content (AvgIpc) is 2.65. The summed E-state index contributed by atoms with van der Waals surface area (Å²) < 4.78 is 10.4. The lowest BCUT2D eigenvalue weighted by atomic mass is 10.1. The van der Waals surface area contributed by atoms with Crippen molar-refractivity contribution in [3.05, 3.63) is 50.4 Å². The summed E-state index contributed by atoms with van der Waals surface area (Å²) in [5.74, 6) is -0.538. The number of hydrogen-bond donors (Lipinski definition) is 2. The predicted molar refractivity (Wildman–Crippen MR) is 92.5 cm³/mol. The van der Waals surface area contributed by atoms with E-state index in [0.29, 0.717) is 11.9 Å². The van der Waals surface area contributed by atoms with Crippen molar-refractivity contribution in [2.45, 2.75) is 6.42 Å². The highest BCUT2D eigenvalue weighted by Gasteiger charge is 2.16. The van der Waals surface area contributed by atoms with Crippen molar-refractivity contribution in [3.8, 4) is 0 Å².